The van der Waals surface area contributed by atoms with Gasteiger partial charge in [-0.1, -0.05) is 11.2 Å². The summed E-state index contributed by atoms with van der Waals surface area (Å²) in [5.41, 5.74) is 3.58. The molecule has 0 spiro atoms. The molecule has 0 fully saturated rings. The van der Waals surface area contributed by atoms with Gasteiger partial charge in [0.1, 0.15) is 29.5 Å². The van der Waals surface area contributed by atoms with Crippen molar-refractivity contribution in [1.29, 1.82) is 0 Å². The second-order valence-corrected chi connectivity index (χ2v) is 6.56. The van der Waals surface area contributed by atoms with Crippen LogP contribution in [0, 0.1) is 13.8 Å². The van der Waals surface area contributed by atoms with Crippen molar-refractivity contribution in [3.05, 3.63) is 54.1 Å². The maximum atomic E-state index is 5.57. The van der Waals surface area contributed by atoms with Gasteiger partial charge in [0, 0.05) is 17.1 Å². The number of nitrogens with one attached hydrogen (secondary N) is 1. The summed E-state index contributed by atoms with van der Waals surface area (Å²) in [4.78, 5) is 17.6. The molecule has 1 aromatic carbocycles. The number of ether oxygens (including phenoxy) is 1. The molecule has 3 heterocycles. The molecule has 1 N–H and O–H groups in total. The van der Waals surface area contributed by atoms with E-state index in [-0.39, 0.29) is 6.04 Å². The molecular formula is C20H20N6O2. The number of aromatic nitrogens is 5. The minimum atomic E-state index is -0.216. The van der Waals surface area contributed by atoms with Crippen LogP contribution in [-0.2, 0) is 0 Å². The predicted octanol–water partition coefficient (Wildman–Crippen LogP) is 3.87. The molecule has 0 saturated carbocycles. The van der Waals surface area contributed by atoms with Crippen LogP contribution in [0.1, 0.15) is 30.2 Å². The fraction of sp³-hybridized carbons (Fsp3) is 0.250. The third-order valence-electron chi connectivity index (χ3n) is 4.40. The van der Waals surface area contributed by atoms with Crippen molar-refractivity contribution in [3.63, 3.8) is 0 Å². The van der Waals surface area contributed by atoms with Gasteiger partial charge in [0.2, 0.25) is 5.89 Å². The summed E-state index contributed by atoms with van der Waals surface area (Å²) in [6, 6.07) is 7.73. The Labute approximate surface area is 162 Å². The van der Waals surface area contributed by atoms with Gasteiger partial charge in [-0.15, -0.1) is 0 Å². The van der Waals surface area contributed by atoms with Crippen LogP contribution < -0.4 is 10.1 Å². The molecule has 8 heteroatoms. The fourth-order valence-corrected chi connectivity index (χ4v) is 2.95. The Balaban J connectivity index is 1.80. The minimum Gasteiger partial charge on any atom is -0.494 e. The summed E-state index contributed by atoms with van der Waals surface area (Å²) >= 11 is 0. The molecule has 0 aliphatic heterocycles. The lowest BCUT2D eigenvalue weighted by Gasteiger charge is -2.14. The van der Waals surface area contributed by atoms with E-state index in [1.807, 2.05) is 44.3 Å². The average Bonchev–Trinajstić information content (AvgIpc) is 3.14. The van der Waals surface area contributed by atoms with E-state index in [1.54, 1.807) is 14.0 Å². The van der Waals surface area contributed by atoms with Crippen LogP contribution in [-0.4, -0.2) is 32.2 Å². The predicted molar refractivity (Wildman–Crippen MR) is 105 cm³/mol. The van der Waals surface area contributed by atoms with Crippen LogP contribution in [0.5, 0.6) is 5.75 Å². The lowest BCUT2D eigenvalue weighted by atomic mass is 10.1. The molecule has 1 atom stereocenters. The number of fused-ring (bicyclic) bond motifs is 1. The van der Waals surface area contributed by atoms with Gasteiger partial charge in [-0.25, -0.2) is 9.97 Å². The molecule has 0 aliphatic rings. The van der Waals surface area contributed by atoms with Crippen molar-refractivity contribution < 1.29 is 9.26 Å². The summed E-state index contributed by atoms with van der Waals surface area (Å²) in [5, 5.41) is 7.99. The van der Waals surface area contributed by atoms with Gasteiger partial charge in [-0.3, -0.25) is 4.98 Å². The molecule has 0 bridgehead atoms. The summed E-state index contributed by atoms with van der Waals surface area (Å²) in [5.74, 6) is 2.39. The largest absolute Gasteiger partial charge is 0.494 e. The fourth-order valence-electron chi connectivity index (χ4n) is 2.95. The van der Waals surface area contributed by atoms with E-state index in [1.165, 1.54) is 6.33 Å². The number of nitrogens with zero attached hydrogens (tertiary/aromatic N) is 5. The number of hydrogen-bond donors (Lipinski definition) is 1. The summed E-state index contributed by atoms with van der Waals surface area (Å²) in [6.07, 6.45) is 3.34. The van der Waals surface area contributed by atoms with Gasteiger partial charge in [-0.05, 0) is 44.5 Å². The number of pyridine rings is 1. The second-order valence-electron chi connectivity index (χ2n) is 6.56. The highest BCUT2D eigenvalue weighted by atomic mass is 16.5. The zero-order valence-corrected chi connectivity index (χ0v) is 16.1. The highest BCUT2D eigenvalue weighted by Crippen LogP contribution is 2.34. The highest BCUT2D eigenvalue weighted by Gasteiger charge is 2.17. The van der Waals surface area contributed by atoms with Crippen molar-refractivity contribution in [1.82, 2.24) is 25.1 Å². The smallest absolute Gasteiger partial charge is 0.248 e. The van der Waals surface area contributed by atoms with Crippen LogP contribution >= 0.6 is 0 Å². The molecule has 4 aromatic rings. The van der Waals surface area contributed by atoms with Gasteiger partial charge in [0.05, 0.1) is 12.8 Å². The Morgan fingerprint density at radius 2 is 1.96 bits per heavy atom. The third kappa shape index (κ3) is 3.36. The molecule has 28 heavy (non-hydrogen) atoms. The third-order valence-corrected chi connectivity index (χ3v) is 4.40. The molecule has 0 radical (unpaired) electrons. The first-order chi connectivity index (χ1) is 13.5. The quantitative estimate of drug-likeness (QED) is 0.560. The molecule has 142 valence electrons. The average molecular weight is 376 g/mol. The van der Waals surface area contributed by atoms with Crippen molar-refractivity contribution in [2.75, 3.05) is 12.4 Å². The normalized spacial score (nSPS) is 12.1. The SMILES string of the molecule is COc1cc(-c2ccc(C)cn2)cc2c(N[C@H](C)c3nc(C)no3)ncnc12. The number of benzene rings is 1. The maximum Gasteiger partial charge on any atom is 0.248 e. The second kappa shape index (κ2) is 7.22. The van der Waals surface area contributed by atoms with Gasteiger partial charge < -0.3 is 14.6 Å². The molecule has 0 unspecified atom stereocenters. The molecule has 3 aromatic heterocycles. The zero-order valence-electron chi connectivity index (χ0n) is 16.1. The van der Waals surface area contributed by atoms with Gasteiger partial charge >= 0.3 is 0 Å². The van der Waals surface area contributed by atoms with Gasteiger partial charge in [0.15, 0.2) is 5.82 Å². The first-order valence-electron chi connectivity index (χ1n) is 8.87. The first kappa shape index (κ1) is 17.8. The van der Waals surface area contributed by atoms with E-state index < -0.39 is 0 Å². The Bertz CT molecular complexity index is 1120. The van der Waals surface area contributed by atoms with E-state index in [0.29, 0.717) is 28.8 Å². The zero-order chi connectivity index (χ0) is 19.7. The summed E-state index contributed by atoms with van der Waals surface area (Å²) in [6.45, 7) is 5.73. The molecule has 0 amide bonds. The van der Waals surface area contributed by atoms with E-state index in [2.05, 4.69) is 30.4 Å². The number of aryl methyl sites for hydroxylation is 2. The molecule has 4 rings (SSSR count). The van der Waals surface area contributed by atoms with E-state index in [0.717, 1.165) is 22.2 Å². The standard InChI is InChI=1S/C20H20N6O2/c1-11-5-6-16(21-9-11)14-7-15-18(17(8-14)27-4)22-10-23-19(15)24-12(2)20-25-13(3)26-28-20/h5-10,12H,1-4H3,(H,22,23,24)/t12-/m1/s1. The number of methoxy groups -OCH3 is 1. The molecule has 0 aliphatic carbocycles. The van der Waals surface area contributed by atoms with Crippen LogP contribution in [0.2, 0.25) is 0 Å². The summed E-state index contributed by atoms with van der Waals surface area (Å²) in [7, 11) is 1.63. The van der Waals surface area contributed by atoms with E-state index in [9.17, 15) is 0 Å². The minimum absolute atomic E-state index is 0.216. The lowest BCUT2D eigenvalue weighted by Crippen LogP contribution is -2.09. The monoisotopic (exact) mass is 376 g/mol. The number of hydrogen-bond acceptors (Lipinski definition) is 8. The Hall–Kier alpha value is -3.55. The van der Waals surface area contributed by atoms with Gasteiger partial charge in [0.25, 0.3) is 0 Å². The molecule has 8 nitrogen and oxygen atoms in total. The van der Waals surface area contributed by atoms with E-state index in [4.69, 9.17) is 9.26 Å². The highest BCUT2D eigenvalue weighted by molar-refractivity contribution is 5.96. The van der Waals surface area contributed by atoms with Crippen molar-refractivity contribution in [2.24, 2.45) is 0 Å². The maximum absolute atomic E-state index is 5.57. The summed E-state index contributed by atoms with van der Waals surface area (Å²) < 4.78 is 10.8. The topological polar surface area (TPSA) is 98.8 Å². The Morgan fingerprint density at radius 1 is 1.11 bits per heavy atom. The van der Waals surface area contributed by atoms with Crippen molar-refractivity contribution in [2.45, 2.75) is 26.8 Å². The Kier molecular flexibility index (Phi) is 4.60. The first-order valence-corrected chi connectivity index (χ1v) is 8.87. The van der Waals surface area contributed by atoms with Crippen LogP contribution in [0.25, 0.3) is 22.2 Å². The molecule has 0 saturated heterocycles. The molecular weight excluding hydrogens is 356 g/mol. The van der Waals surface area contributed by atoms with Gasteiger partial charge in [-0.2, -0.15) is 4.98 Å². The van der Waals surface area contributed by atoms with Crippen molar-refractivity contribution >= 4 is 16.7 Å². The van der Waals surface area contributed by atoms with E-state index >= 15 is 0 Å². The Morgan fingerprint density at radius 3 is 2.64 bits per heavy atom. The van der Waals surface area contributed by atoms with Crippen LogP contribution in [0.4, 0.5) is 5.82 Å². The lowest BCUT2D eigenvalue weighted by molar-refractivity contribution is 0.364. The van der Waals surface area contributed by atoms with Crippen LogP contribution in [0.15, 0.2) is 41.3 Å². The van der Waals surface area contributed by atoms with Crippen molar-refractivity contribution in [3.8, 4) is 17.0 Å². The van der Waals surface area contributed by atoms with Crippen LogP contribution in [0.3, 0.4) is 0 Å². The number of anilines is 1. The number of rotatable bonds is 5.